The number of aliphatic hydroxyl groups is 1. The molecule has 25 nitrogen and oxygen atoms in total. The number of fused-ring (bicyclic) bond motifs is 1. The zero-order valence-electron chi connectivity index (χ0n) is 51.6. The van der Waals surface area contributed by atoms with Crippen LogP contribution in [0.1, 0.15) is 106 Å². The van der Waals surface area contributed by atoms with E-state index in [2.05, 4.69) is 52.2 Å². The fourth-order valence-electron chi connectivity index (χ4n) is 10.7. The van der Waals surface area contributed by atoms with Gasteiger partial charge in [-0.3, -0.25) is 53.1 Å². The fourth-order valence-corrected chi connectivity index (χ4v) is 10.7. The number of unbranched alkanes of at least 4 members (excludes halogenated alkanes) is 1. The molecule has 2 aromatic heterocycles. The number of nitrogens with one attached hydrogen (secondary N) is 8. The average molecular weight is 1260 g/mol. The third-order valence-electron chi connectivity index (χ3n) is 15.5. The Balaban J connectivity index is 1.26. The monoisotopic (exact) mass is 1260 g/mol. The number of H-pyrrole nitrogens is 1. The van der Waals surface area contributed by atoms with Crippen molar-refractivity contribution in [1.82, 2.24) is 57.0 Å². The lowest BCUT2D eigenvalue weighted by Gasteiger charge is -2.32. The van der Waals surface area contributed by atoms with Crippen LogP contribution in [0.2, 0.25) is 0 Å². The quantitative estimate of drug-likeness (QED) is 0.0159. The highest BCUT2D eigenvalue weighted by Gasteiger charge is 2.40. The number of likely N-dealkylation sites (tertiary alicyclic amines) is 1. The molecule has 0 saturated carbocycles. The van der Waals surface area contributed by atoms with E-state index >= 15 is 4.79 Å². The zero-order valence-corrected chi connectivity index (χ0v) is 51.6. The number of aromatic amines is 1. The van der Waals surface area contributed by atoms with Crippen molar-refractivity contribution in [3.8, 4) is 5.75 Å². The average Bonchev–Trinajstić information content (AvgIpc) is 2.42. The highest BCUT2D eigenvalue weighted by Crippen LogP contribution is 2.23. The number of hydrogen-bond acceptors (Lipinski definition) is 13. The minimum absolute atomic E-state index is 0.0516. The van der Waals surface area contributed by atoms with E-state index in [0.717, 1.165) is 21.9 Å². The van der Waals surface area contributed by atoms with Crippen LogP contribution in [-0.2, 0) is 57.6 Å². The molecule has 0 radical (unpaired) electrons. The summed E-state index contributed by atoms with van der Waals surface area (Å²) in [6, 6.07) is 9.71. The molecule has 27 heteroatoms. The molecule has 3 heterocycles. The Labute approximate surface area is 526 Å². The van der Waals surface area contributed by atoms with Gasteiger partial charge in [0.2, 0.25) is 47.3 Å². The Bertz CT molecular complexity index is 3330. The Morgan fingerprint density at radius 1 is 0.780 bits per heavy atom. The number of guanidine groups is 1. The molecule has 0 unspecified atom stereocenters. The number of para-hydroxylation sites is 1. The second kappa shape index (κ2) is 35.0. The predicted octanol–water partition coefficient (Wildman–Crippen LogP) is 2.04. The third-order valence-corrected chi connectivity index (χ3v) is 15.5. The third kappa shape index (κ3) is 21.3. The van der Waals surface area contributed by atoms with E-state index in [4.69, 9.17) is 11.5 Å². The van der Waals surface area contributed by atoms with Crippen LogP contribution in [0, 0.1) is 17.6 Å². The summed E-state index contributed by atoms with van der Waals surface area (Å²) in [5, 5.41) is 41.0. The summed E-state index contributed by atoms with van der Waals surface area (Å²) >= 11 is 0. The molecule has 1 aliphatic heterocycles. The van der Waals surface area contributed by atoms with E-state index < -0.39 is 108 Å². The van der Waals surface area contributed by atoms with Gasteiger partial charge in [0.1, 0.15) is 59.7 Å². The summed E-state index contributed by atoms with van der Waals surface area (Å²) in [4.78, 5) is 141. The van der Waals surface area contributed by atoms with Gasteiger partial charge >= 0.3 is 0 Å². The van der Waals surface area contributed by atoms with Gasteiger partial charge < -0.3 is 73.7 Å². The van der Waals surface area contributed by atoms with Crippen LogP contribution in [0.25, 0.3) is 10.9 Å². The van der Waals surface area contributed by atoms with Crippen molar-refractivity contribution >= 4 is 70.0 Å². The van der Waals surface area contributed by atoms with Gasteiger partial charge in [-0.2, -0.15) is 0 Å². The van der Waals surface area contributed by atoms with Crippen LogP contribution in [0.5, 0.6) is 5.75 Å². The summed E-state index contributed by atoms with van der Waals surface area (Å²) in [7, 11) is 1.25. The van der Waals surface area contributed by atoms with Crippen LogP contribution in [0.15, 0.2) is 102 Å². The Morgan fingerprint density at radius 3 is 2.16 bits per heavy atom. The van der Waals surface area contributed by atoms with Crippen LogP contribution in [0.3, 0.4) is 0 Å². The highest BCUT2D eigenvalue weighted by atomic mass is 19.1. The molecular weight excluding hydrogens is 1180 g/mol. The molecule has 0 aliphatic carbocycles. The van der Waals surface area contributed by atoms with Crippen molar-refractivity contribution in [1.29, 1.82) is 0 Å². The number of halogens is 2. The molecule has 3 aromatic carbocycles. The number of aliphatic hydroxyl groups excluding tert-OH is 1. The topological polar surface area (TPSA) is 378 Å². The fraction of sp³-hybridized carbons (Fsp3) is 0.453. The number of hydrogen-bond donors (Lipinski definition) is 12. The summed E-state index contributed by atoms with van der Waals surface area (Å²) in [5.41, 5.74) is 13.3. The molecule has 0 bridgehead atoms. The first-order valence-corrected chi connectivity index (χ1v) is 30.5. The Kier molecular flexibility index (Phi) is 27.2. The number of aromatic hydroxyl groups is 1. The first kappa shape index (κ1) is 70.6. The molecule has 1 fully saturated rings. The van der Waals surface area contributed by atoms with Crippen molar-refractivity contribution in [2.75, 3.05) is 39.8 Å². The second-order valence-electron chi connectivity index (χ2n) is 22.8. The molecule has 0 spiro atoms. The molecule has 7 atom stereocenters. The van der Waals surface area contributed by atoms with Crippen molar-refractivity contribution in [3.63, 3.8) is 0 Å². The lowest BCUT2D eigenvalue weighted by molar-refractivity contribution is -0.144. The minimum atomic E-state index is -1.74. The number of phenolic OH excluding ortho intramolecular Hbond substituents is 1. The van der Waals surface area contributed by atoms with Crippen LogP contribution >= 0.6 is 0 Å². The number of benzene rings is 3. The highest BCUT2D eigenvalue weighted by molar-refractivity contribution is 5.98. The molecule has 5 aromatic rings. The van der Waals surface area contributed by atoms with E-state index in [1.165, 1.54) is 54.7 Å². The van der Waals surface area contributed by atoms with Crippen LogP contribution < -0.4 is 48.7 Å². The number of nitrogens with two attached hydrogens (primary N) is 2. The van der Waals surface area contributed by atoms with Gasteiger partial charge in [-0.25, -0.2) is 8.78 Å². The molecule has 6 rings (SSSR count). The predicted molar refractivity (Wildman–Crippen MR) is 335 cm³/mol. The number of rotatable bonds is 34. The van der Waals surface area contributed by atoms with Gasteiger partial charge in [-0.15, -0.1) is 0 Å². The van der Waals surface area contributed by atoms with Gasteiger partial charge in [-0.1, -0.05) is 50.2 Å². The van der Waals surface area contributed by atoms with Crippen molar-refractivity contribution in [3.05, 3.63) is 131 Å². The Morgan fingerprint density at radius 2 is 1.47 bits per heavy atom. The van der Waals surface area contributed by atoms with Crippen LogP contribution in [-0.4, -0.2) is 171 Å². The van der Waals surface area contributed by atoms with Gasteiger partial charge in [-0.05, 0) is 124 Å². The van der Waals surface area contributed by atoms with Gasteiger partial charge in [0, 0.05) is 88.0 Å². The van der Waals surface area contributed by atoms with Crippen molar-refractivity contribution in [2.24, 2.45) is 22.4 Å². The maximum absolute atomic E-state index is 15.1. The molecule has 490 valence electrons. The number of carbonyl (C=O) groups excluding carboxylic acids is 9. The first-order chi connectivity index (χ1) is 43.6. The van der Waals surface area contributed by atoms with Crippen molar-refractivity contribution in [2.45, 2.75) is 140 Å². The maximum atomic E-state index is 15.1. The van der Waals surface area contributed by atoms with Crippen molar-refractivity contribution < 1.29 is 62.1 Å². The summed E-state index contributed by atoms with van der Waals surface area (Å²) in [6.45, 7) is 5.23. The number of aromatic nitrogens is 2. The van der Waals surface area contributed by atoms with Gasteiger partial charge in [0.15, 0.2) is 5.96 Å². The molecule has 1 aliphatic rings. The van der Waals surface area contributed by atoms with E-state index in [1.807, 2.05) is 13.8 Å². The lowest BCUT2D eigenvalue weighted by Crippen LogP contribution is -2.61. The maximum Gasteiger partial charge on any atom is 0.252 e. The number of pyridine rings is 1. The summed E-state index contributed by atoms with van der Waals surface area (Å²) in [5.74, 6) is -8.48. The Hall–Kier alpha value is -9.53. The largest absolute Gasteiger partial charge is 0.508 e. The minimum Gasteiger partial charge on any atom is -0.508 e. The van der Waals surface area contributed by atoms with E-state index in [9.17, 15) is 57.4 Å². The molecular formula is C64H84F2N14O11. The number of aryl methyl sites for hydroxylation is 1. The smallest absolute Gasteiger partial charge is 0.252 e. The van der Waals surface area contributed by atoms with Gasteiger partial charge in [0.05, 0.1) is 12.2 Å². The number of carbonyl (C=O) groups is 9. The molecule has 9 amide bonds. The number of aliphatic imine (C=N–C) groups is 1. The number of nitrogens with zero attached hydrogens (tertiary/aromatic N) is 4. The van der Waals surface area contributed by atoms with Crippen LogP contribution in [0.4, 0.5) is 8.78 Å². The normalized spacial score (nSPS) is 14.8. The molecule has 1 saturated heterocycles. The first-order valence-electron chi connectivity index (χ1n) is 30.5. The van der Waals surface area contributed by atoms with Gasteiger partial charge in [0.25, 0.3) is 5.91 Å². The zero-order chi connectivity index (χ0) is 66.1. The number of likely N-dealkylation sites (N-methyl/N-ethyl adjacent to an activating group) is 2. The lowest BCUT2D eigenvalue weighted by atomic mass is 9.99. The van der Waals surface area contributed by atoms with E-state index in [-0.39, 0.29) is 107 Å². The SMILES string of the molecule is CCNC(=O)[C@@H]1CCCN1C(=O)[C@H](CCCN=C(N)N)NC(=O)[C@H](CC(C)C)NC(=O)[C@@H](CCCCNC(=O)c1cccnc1)NC(=O)[C@H](Cc1ccc(O)cc1)N(C)C(=O)[C@H](CO)NC(=O)[C@@H](Cc1c[nH]c2ccccc12)NC(=O)CCc1ccc(F)cc1F. The summed E-state index contributed by atoms with van der Waals surface area (Å²) < 4.78 is 28.3. The second-order valence-corrected chi connectivity index (χ2v) is 22.8. The standard InChI is InChI=1S/C64H84F2N14O11/c1-5-70-60(88)53-18-12-30-80(53)63(91)49(17-11-29-72-64(67)68)76-58(86)50(31-38(2)3)77-57(85)48(16-8-9-28-71-56(84)41-13-10-27-69-35-41)75-61(89)54(32-39-19-24-44(82)25-20-39)79(4)62(90)52(37-81)78-59(87)51(33-42-36-73-47-15-7-6-14-45(42)47)74-55(83)26-22-40-21-23-43(65)34-46(40)66/h6-7,10,13-15,19-21,23-25,27,34-36,38,48-54,73,81-82H,5,8-9,11-12,16-18,22,26,28-33,37H2,1-4H3,(H,70,88)(H,71,84)(H,74,83)(H,75,89)(H,76,86)(H,77,85)(H,78,87)(H4,67,68,72)/t48-,49+,50+,51-,52+,53+,54+/m1/s1. The molecule has 14 N–H and O–H groups in total. The number of amides is 9. The van der Waals surface area contributed by atoms with E-state index in [0.29, 0.717) is 48.6 Å². The van der Waals surface area contributed by atoms with E-state index in [1.54, 1.807) is 49.5 Å². The molecule has 91 heavy (non-hydrogen) atoms. The summed E-state index contributed by atoms with van der Waals surface area (Å²) in [6.07, 6.45) is 5.43. The number of phenols is 1.